The van der Waals surface area contributed by atoms with E-state index in [0.29, 0.717) is 36.5 Å². The molecule has 15 nitrogen and oxygen atoms in total. The summed E-state index contributed by atoms with van der Waals surface area (Å²) in [5.74, 6) is -2.00. The van der Waals surface area contributed by atoms with E-state index in [2.05, 4.69) is 25.6 Å². The molecule has 2 aromatic heterocycles. The molecule has 0 saturated carbocycles. The van der Waals surface area contributed by atoms with Crippen LogP contribution in [0.3, 0.4) is 0 Å². The first-order chi connectivity index (χ1) is 29.9. The van der Waals surface area contributed by atoms with E-state index in [0.717, 1.165) is 74.2 Å². The summed E-state index contributed by atoms with van der Waals surface area (Å²) < 4.78 is 22.2. The van der Waals surface area contributed by atoms with Crippen LogP contribution in [-0.2, 0) is 14.4 Å². The van der Waals surface area contributed by atoms with E-state index in [1.807, 2.05) is 15.8 Å². The van der Waals surface area contributed by atoms with Gasteiger partial charge >= 0.3 is 0 Å². The van der Waals surface area contributed by atoms with E-state index in [4.69, 9.17) is 33.7 Å². The number of nitrogen functional groups attached to an aromatic ring is 1. The molecule has 2 atom stereocenters. The Hall–Kier alpha value is -5.58. The van der Waals surface area contributed by atoms with E-state index < -0.39 is 41.6 Å². The number of likely N-dealkylation sites (tertiary alicyclic amines) is 2. The van der Waals surface area contributed by atoms with Gasteiger partial charge in [-0.25, -0.2) is 9.37 Å². The Balaban J connectivity index is 0.724. The van der Waals surface area contributed by atoms with Gasteiger partial charge in [0, 0.05) is 78.8 Å². The van der Waals surface area contributed by atoms with E-state index in [-0.39, 0.29) is 57.8 Å². The number of imide groups is 2. The largest absolute Gasteiger partial charge is 0.482 e. The lowest BCUT2D eigenvalue weighted by Crippen LogP contribution is -2.55. The molecule has 0 bridgehead atoms. The highest BCUT2D eigenvalue weighted by molar-refractivity contribution is 6.36. The van der Waals surface area contributed by atoms with Gasteiger partial charge in [0.2, 0.25) is 17.7 Å². The summed E-state index contributed by atoms with van der Waals surface area (Å²) in [5, 5.41) is 10.5. The number of fused-ring (bicyclic) bond motifs is 1. The van der Waals surface area contributed by atoms with Crippen molar-refractivity contribution in [2.24, 2.45) is 0 Å². The maximum Gasteiger partial charge on any atom is 0.264 e. The predicted molar refractivity (Wildman–Crippen MR) is 230 cm³/mol. The molecule has 4 aliphatic heterocycles. The number of hydrogen-bond acceptors (Lipinski definition) is 11. The van der Waals surface area contributed by atoms with Crippen molar-refractivity contribution in [2.75, 3.05) is 43.8 Å². The van der Waals surface area contributed by atoms with Crippen molar-refractivity contribution in [3.05, 3.63) is 87.5 Å². The second-order valence-electron chi connectivity index (χ2n) is 16.4. The number of amides is 5. The van der Waals surface area contributed by atoms with Crippen LogP contribution in [0.25, 0.3) is 11.1 Å². The molecule has 18 heteroatoms. The summed E-state index contributed by atoms with van der Waals surface area (Å²) in [7, 11) is 0. The van der Waals surface area contributed by atoms with Crippen LogP contribution in [0.15, 0.2) is 55.0 Å². The second-order valence-corrected chi connectivity index (χ2v) is 17.2. The van der Waals surface area contributed by atoms with Gasteiger partial charge in [0.1, 0.15) is 18.0 Å². The fourth-order valence-electron chi connectivity index (χ4n) is 8.76. The number of rotatable bonds is 15. The smallest absolute Gasteiger partial charge is 0.264 e. The molecule has 4 aliphatic rings. The Morgan fingerprint density at radius 2 is 1.77 bits per heavy atom. The van der Waals surface area contributed by atoms with Gasteiger partial charge in [0.05, 0.1) is 34.4 Å². The number of nitrogens with two attached hydrogens (primary N) is 1. The van der Waals surface area contributed by atoms with Crippen LogP contribution in [0.2, 0.25) is 10.0 Å². The molecule has 2 aromatic carbocycles. The van der Waals surface area contributed by atoms with Crippen LogP contribution in [0.5, 0.6) is 5.75 Å². The first-order valence-corrected chi connectivity index (χ1v) is 21.8. The van der Waals surface area contributed by atoms with E-state index in [1.165, 1.54) is 12.1 Å². The van der Waals surface area contributed by atoms with E-state index in [1.54, 1.807) is 43.6 Å². The van der Waals surface area contributed by atoms with Crippen molar-refractivity contribution in [1.29, 1.82) is 0 Å². The lowest BCUT2D eigenvalue weighted by atomic mass is 10.0. The summed E-state index contributed by atoms with van der Waals surface area (Å²) >= 11 is 12.5. The molecular weight excluding hydrogens is 840 g/mol. The maximum absolute atomic E-state index is 14.2. The number of anilines is 2. The number of benzene rings is 2. The lowest BCUT2D eigenvalue weighted by molar-refractivity contribution is -0.136. The monoisotopic (exact) mass is 887 g/mol. The molecule has 0 radical (unpaired) electrons. The number of carbonyl (C=O) groups is 5. The predicted octanol–water partition coefficient (Wildman–Crippen LogP) is 6.42. The Morgan fingerprint density at radius 1 is 1.00 bits per heavy atom. The molecule has 8 rings (SSSR count). The molecule has 62 heavy (non-hydrogen) atoms. The number of nitrogens with one attached hydrogen (secondary N) is 2. The Labute approximate surface area is 368 Å². The maximum atomic E-state index is 14.2. The van der Waals surface area contributed by atoms with Crippen LogP contribution in [0.1, 0.15) is 103 Å². The summed E-state index contributed by atoms with van der Waals surface area (Å²) in [6, 6.07) is 8.76. The molecule has 6 heterocycles. The van der Waals surface area contributed by atoms with Crippen LogP contribution >= 0.6 is 23.2 Å². The summed E-state index contributed by atoms with van der Waals surface area (Å²) in [6.07, 6.45) is 10.8. The van der Waals surface area contributed by atoms with Crippen molar-refractivity contribution in [1.82, 2.24) is 34.8 Å². The minimum atomic E-state index is -0.999. The summed E-state index contributed by atoms with van der Waals surface area (Å²) in [5.41, 5.74) is 9.14. The number of ether oxygens (including phenoxy) is 1. The minimum absolute atomic E-state index is 0.0742. The fourth-order valence-corrected chi connectivity index (χ4v) is 9.44. The quantitative estimate of drug-likeness (QED) is 0.0680. The van der Waals surface area contributed by atoms with Gasteiger partial charge in [-0.1, -0.05) is 42.1 Å². The lowest BCUT2D eigenvalue weighted by Gasteiger charge is -2.40. The highest BCUT2D eigenvalue weighted by Gasteiger charge is 2.46. The fraction of sp³-hybridized carbons (Fsp3) is 0.432. The number of nitrogens with zero attached hydrogens (tertiary/aromatic N) is 6. The molecule has 4 aromatic rings. The number of carbonyl (C=O) groups excluding carboxylic acids is 5. The summed E-state index contributed by atoms with van der Waals surface area (Å²) in [4.78, 5) is 73.3. The third-order valence-electron chi connectivity index (χ3n) is 12.2. The number of pyridine rings is 1. The van der Waals surface area contributed by atoms with Gasteiger partial charge < -0.3 is 20.7 Å². The SMILES string of the molecule is C[C@@H](Oc1cc(-c2cnn(C3CCN(C(=O)CCCCCCN4CC(Nc5cccc6c5C(=O)N(C5CCC(=O)NC5=O)C6=O)C4)CC3)c2)cnc1N)c1c(Cl)ccc(F)c1Cl. The van der Waals surface area contributed by atoms with Crippen LogP contribution in [0.4, 0.5) is 15.9 Å². The molecule has 0 spiro atoms. The Morgan fingerprint density at radius 3 is 2.55 bits per heavy atom. The average molecular weight is 889 g/mol. The zero-order valence-corrected chi connectivity index (χ0v) is 35.8. The average Bonchev–Trinajstić information content (AvgIpc) is 3.83. The number of unbranched alkanes of at least 4 members (excludes halogenated alkanes) is 3. The first kappa shape index (κ1) is 43.1. The Bertz CT molecular complexity index is 2400. The van der Waals surface area contributed by atoms with Gasteiger partial charge in [0.25, 0.3) is 11.8 Å². The molecule has 3 fully saturated rings. The molecule has 3 saturated heterocycles. The van der Waals surface area contributed by atoms with Gasteiger partial charge in [-0.05, 0) is 75.9 Å². The molecule has 1 unspecified atom stereocenters. The second kappa shape index (κ2) is 18.4. The number of aromatic nitrogens is 3. The Kier molecular flexibility index (Phi) is 12.8. The highest BCUT2D eigenvalue weighted by Crippen LogP contribution is 2.38. The zero-order chi connectivity index (χ0) is 43.7. The third-order valence-corrected chi connectivity index (χ3v) is 12.9. The van der Waals surface area contributed by atoms with Gasteiger partial charge in [-0.15, -0.1) is 0 Å². The normalized spacial score (nSPS) is 19.1. The van der Waals surface area contributed by atoms with Crippen LogP contribution < -0.4 is 21.1 Å². The zero-order valence-electron chi connectivity index (χ0n) is 34.2. The minimum Gasteiger partial charge on any atom is -0.482 e. The van der Waals surface area contributed by atoms with Crippen LogP contribution in [-0.4, -0.2) is 104 Å². The molecular formula is C44H48Cl2FN9O6. The molecule has 5 amide bonds. The summed E-state index contributed by atoms with van der Waals surface area (Å²) in [6.45, 7) is 5.58. The molecule has 4 N–H and O–H groups in total. The molecule has 326 valence electrons. The first-order valence-electron chi connectivity index (χ1n) is 21.1. The number of halogens is 3. The number of piperidine rings is 2. The van der Waals surface area contributed by atoms with E-state index in [9.17, 15) is 28.4 Å². The van der Waals surface area contributed by atoms with Crippen molar-refractivity contribution in [3.63, 3.8) is 0 Å². The van der Waals surface area contributed by atoms with Gasteiger partial charge in [-0.3, -0.25) is 43.8 Å². The molecule has 0 aliphatic carbocycles. The highest BCUT2D eigenvalue weighted by atomic mass is 35.5. The topological polar surface area (TPSA) is 185 Å². The van der Waals surface area contributed by atoms with Gasteiger partial charge in [0.15, 0.2) is 11.6 Å². The van der Waals surface area contributed by atoms with E-state index >= 15 is 0 Å². The third kappa shape index (κ3) is 8.99. The van der Waals surface area contributed by atoms with Crippen molar-refractivity contribution >= 4 is 64.2 Å². The van der Waals surface area contributed by atoms with Gasteiger partial charge in [-0.2, -0.15) is 5.10 Å². The number of hydrogen-bond donors (Lipinski definition) is 3. The van der Waals surface area contributed by atoms with Crippen molar-refractivity contribution < 1.29 is 33.1 Å². The van der Waals surface area contributed by atoms with Crippen molar-refractivity contribution in [2.45, 2.75) is 88.9 Å². The standard InChI is InChI=1S/C44H48Cl2FN9O6/c1-25(38-31(45)10-11-32(47)40(38)46)62-35-19-26(20-49-41(35)48)27-21-50-55(22-27)29-14-17-54(18-15-29)37(58)9-4-2-3-5-16-53-23-28(24-53)51-33-8-6-7-30-39(33)44(61)56(43(30)60)34-12-13-36(57)52-42(34)59/h6-8,10-11,19-22,25,28-29,34,51H,2-5,9,12-18,23-24H2,1H3,(H2,48,49)(H,52,57,59)/t25-,34?/m1/s1. The van der Waals surface area contributed by atoms with Crippen molar-refractivity contribution in [3.8, 4) is 16.9 Å². The van der Waals surface area contributed by atoms with Crippen LogP contribution in [0, 0.1) is 5.82 Å².